The molecule has 0 aliphatic heterocycles. The van der Waals surface area contributed by atoms with Crippen molar-refractivity contribution in [3.05, 3.63) is 71.8 Å². The number of esters is 1. The summed E-state index contributed by atoms with van der Waals surface area (Å²) in [7, 11) is -2.10. The zero-order valence-electron chi connectivity index (χ0n) is 23.9. The molecule has 0 bridgehead atoms. The minimum absolute atomic E-state index is 0.0240. The van der Waals surface area contributed by atoms with Crippen LogP contribution in [0.5, 0.6) is 0 Å². The number of Topliss-reactive ketones (excluding diaryl/α,β-unsaturated/α-hetero) is 1. The van der Waals surface area contributed by atoms with Crippen molar-refractivity contribution >= 4 is 20.1 Å². The first kappa shape index (κ1) is 31.9. The van der Waals surface area contributed by atoms with Gasteiger partial charge in [-0.15, -0.1) is 0 Å². The number of aliphatic hydroxyl groups is 1. The number of hydrogen-bond donors (Lipinski definition) is 1. The Morgan fingerprint density at radius 2 is 1.55 bits per heavy atom. The van der Waals surface area contributed by atoms with Crippen LogP contribution in [-0.4, -0.2) is 50.6 Å². The Kier molecular flexibility index (Phi) is 12.9. The van der Waals surface area contributed by atoms with Gasteiger partial charge in [0, 0.05) is 18.9 Å². The SMILES string of the molecule is C[C@H]([C@@H](O)CC(=O)COC(=O)c1ccccc1)[C@@H](CCCCOCc1ccccc1)O[Si](C)(C)C(C)(C)C. The molecule has 6 nitrogen and oxygen atoms in total. The van der Waals surface area contributed by atoms with E-state index in [0.717, 1.165) is 24.8 Å². The van der Waals surface area contributed by atoms with Crippen LogP contribution in [0.15, 0.2) is 60.7 Å². The van der Waals surface area contributed by atoms with Gasteiger partial charge in [0.05, 0.1) is 24.4 Å². The maximum atomic E-state index is 12.5. The molecule has 7 heteroatoms. The Hall–Kier alpha value is -2.32. The van der Waals surface area contributed by atoms with E-state index in [1.54, 1.807) is 30.3 Å². The molecule has 2 rings (SSSR count). The maximum Gasteiger partial charge on any atom is 0.338 e. The minimum Gasteiger partial charge on any atom is -0.454 e. The van der Waals surface area contributed by atoms with Crippen LogP contribution in [0, 0.1) is 5.92 Å². The third-order valence-electron chi connectivity index (χ3n) is 7.39. The maximum absolute atomic E-state index is 12.5. The zero-order chi connectivity index (χ0) is 28.2. The predicted molar refractivity (Wildman–Crippen MR) is 154 cm³/mol. The second-order valence-electron chi connectivity index (χ2n) is 11.6. The van der Waals surface area contributed by atoms with E-state index in [9.17, 15) is 14.7 Å². The van der Waals surface area contributed by atoms with Crippen molar-refractivity contribution in [2.24, 2.45) is 5.92 Å². The first-order valence-electron chi connectivity index (χ1n) is 13.6. The summed E-state index contributed by atoms with van der Waals surface area (Å²) in [4.78, 5) is 24.7. The molecule has 0 saturated heterocycles. The van der Waals surface area contributed by atoms with Crippen LogP contribution in [0.3, 0.4) is 0 Å². The van der Waals surface area contributed by atoms with Gasteiger partial charge in [0.25, 0.3) is 0 Å². The summed E-state index contributed by atoms with van der Waals surface area (Å²) in [6.07, 6.45) is 1.41. The topological polar surface area (TPSA) is 82.1 Å². The van der Waals surface area contributed by atoms with Gasteiger partial charge in [-0.1, -0.05) is 76.2 Å². The fourth-order valence-electron chi connectivity index (χ4n) is 3.83. The van der Waals surface area contributed by atoms with Crippen molar-refractivity contribution < 1.29 is 28.6 Å². The highest BCUT2D eigenvalue weighted by atomic mass is 28.4. The monoisotopic (exact) mass is 542 g/mol. The van der Waals surface area contributed by atoms with E-state index in [1.807, 2.05) is 25.1 Å². The number of ketones is 1. The third-order valence-corrected chi connectivity index (χ3v) is 11.9. The Labute approximate surface area is 229 Å². The summed E-state index contributed by atoms with van der Waals surface area (Å²) < 4.78 is 17.7. The number of hydrogen-bond acceptors (Lipinski definition) is 6. The fraction of sp³-hybridized carbons (Fsp3) is 0.548. The van der Waals surface area contributed by atoms with E-state index in [0.29, 0.717) is 18.8 Å². The zero-order valence-corrected chi connectivity index (χ0v) is 24.9. The van der Waals surface area contributed by atoms with E-state index in [-0.39, 0.29) is 35.9 Å². The number of aliphatic hydroxyl groups excluding tert-OH is 1. The quantitative estimate of drug-likeness (QED) is 0.147. The van der Waals surface area contributed by atoms with Crippen LogP contribution in [0.1, 0.15) is 69.3 Å². The summed E-state index contributed by atoms with van der Waals surface area (Å²) in [5.74, 6) is -1.10. The molecule has 0 saturated carbocycles. The van der Waals surface area contributed by atoms with E-state index < -0.39 is 20.4 Å². The highest BCUT2D eigenvalue weighted by Crippen LogP contribution is 2.39. The van der Waals surface area contributed by atoms with Gasteiger partial charge in [-0.2, -0.15) is 0 Å². The van der Waals surface area contributed by atoms with Crippen molar-refractivity contribution in [2.75, 3.05) is 13.2 Å². The fourth-order valence-corrected chi connectivity index (χ4v) is 5.27. The molecule has 3 atom stereocenters. The molecule has 0 amide bonds. The van der Waals surface area contributed by atoms with Crippen molar-refractivity contribution in [1.82, 2.24) is 0 Å². The standard InChI is InChI=1S/C31H46O6Si/c1-24(28(33)21-27(32)23-36-30(34)26-17-11-8-12-18-26)29(37-38(5,6)31(2,3)4)19-13-14-20-35-22-25-15-9-7-10-16-25/h7-12,15-18,24,28-29,33H,13-14,19-23H2,1-6H3/t24-,28+,29-/m1/s1. The largest absolute Gasteiger partial charge is 0.454 e. The van der Waals surface area contributed by atoms with Crippen molar-refractivity contribution in [3.8, 4) is 0 Å². The summed E-state index contributed by atoms with van der Waals surface area (Å²) >= 11 is 0. The van der Waals surface area contributed by atoms with E-state index in [2.05, 4.69) is 46.0 Å². The highest BCUT2D eigenvalue weighted by molar-refractivity contribution is 6.74. The van der Waals surface area contributed by atoms with Crippen LogP contribution < -0.4 is 0 Å². The van der Waals surface area contributed by atoms with Gasteiger partial charge in [0.1, 0.15) is 6.61 Å². The van der Waals surface area contributed by atoms with Gasteiger partial charge in [0.15, 0.2) is 14.1 Å². The third kappa shape index (κ3) is 10.8. The molecule has 0 aliphatic carbocycles. The lowest BCUT2D eigenvalue weighted by Gasteiger charge is -2.41. The van der Waals surface area contributed by atoms with E-state index in [4.69, 9.17) is 13.9 Å². The van der Waals surface area contributed by atoms with E-state index >= 15 is 0 Å². The van der Waals surface area contributed by atoms with Crippen molar-refractivity contribution in [3.63, 3.8) is 0 Å². The number of ether oxygens (including phenoxy) is 2. The van der Waals surface area contributed by atoms with Crippen LogP contribution in [0.25, 0.3) is 0 Å². The molecule has 1 N–H and O–H groups in total. The summed E-state index contributed by atoms with van der Waals surface area (Å²) in [5, 5.41) is 11.0. The van der Waals surface area contributed by atoms with Crippen molar-refractivity contribution in [1.29, 1.82) is 0 Å². The van der Waals surface area contributed by atoms with E-state index in [1.165, 1.54) is 0 Å². The van der Waals surface area contributed by atoms with Crippen LogP contribution in [-0.2, 0) is 25.3 Å². The molecule has 2 aromatic carbocycles. The van der Waals surface area contributed by atoms with Crippen LogP contribution in [0.4, 0.5) is 0 Å². The lowest BCUT2D eigenvalue weighted by Crippen LogP contribution is -2.47. The molecule has 2 aromatic rings. The first-order valence-corrected chi connectivity index (χ1v) is 16.5. The number of benzene rings is 2. The Bertz CT molecular complexity index is 971. The first-order chi connectivity index (χ1) is 17.9. The molecule has 0 aliphatic rings. The molecule has 38 heavy (non-hydrogen) atoms. The average molecular weight is 543 g/mol. The van der Waals surface area contributed by atoms with Gasteiger partial charge in [0.2, 0.25) is 0 Å². The molecule has 0 fully saturated rings. The van der Waals surface area contributed by atoms with Gasteiger partial charge in [-0.3, -0.25) is 4.79 Å². The van der Waals surface area contributed by atoms with Gasteiger partial charge in [-0.05, 0) is 55.1 Å². The lowest BCUT2D eigenvalue weighted by molar-refractivity contribution is -0.125. The Morgan fingerprint density at radius 3 is 2.16 bits per heavy atom. The average Bonchev–Trinajstić information content (AvgIpc) is 2.88. The molecule has 0 radical (unpaired) electrons. The number of carbonyl (C=O) groups is 2. The normalized spacial score (nSPS) is 14.5. The van der Waals surface area contributed by atoms with Crippen molar-refractivity contribution in [2.45, 2.75) is 90.3 Å². The van der Waals surface area contributed by atoms with Gasteiger partial charge >= 0.3 is 5.97 Å². The number of unbranched alkanes of at least 4 members (excludes halogenated alkanes) is 1. The smallest absolute Gasteiger partial charge is 0.338 e. The molecular weight excluding hydrogens is 496 g/mol. The lowest BCUT2D eigenvalue weighted by atomic mass is 9.91. The van der Waals surface area contributed by atoms with Gasteiger partial charge in [-0.25, -0.2) is 4.79 Å². The molecular formula is C31H46O6Si. The summed E-state index contributed by atoms with van der Waals surface area (Å²) in [6, 6.07) is 18.7. The molecule has 0 spiro atoms. The van der Waals surface area contributed by atoms with Gasteiger partial charge < -0.3 is 19.0 Å². The number of rotatable bonds is 16. The van der Waals surface area contributed by atoms with Crippen LogP contribution in [0.2, 0.25) is 18.1 Å². The molecule has 0 aromatic heterocycles. The summed E-state index contributed by atoms with van der Waals surface area (Å²) in [6.45, 7) is 13.8. The second kappa shape index (κ2) is 15.3. The molecule has 210 valence electrons. The Balaban J connectivity index is 1.88. The minimum atomic E-state index is -2.10. The molecule has 0 unspecified atom stereocenters. The molecule has 0 heterocycles. The Morgan fingerprint density at radius 1 is 0.947 bits per heavy atom. The van der Waals surface area contributed by atoms with Crippen LogP contribution >= 0.6 is 0 Å². The predicted octanol–water partition coefficient (Wildman–Crippen LogP) is 6.58. The highest BCUT2D eigenvalue weighted by Gasteiger charge is 2.41. The second-order valence-corrected chi connectivity index (χ2v) is 16.3. The number of carbonyl (C=O) groups excluding carboxylic acids is 2. The summed E-state index contributed by atoms with van der Waals surface area (Å²) in [5.41, 5.74) is 1.55.